The fourth-order valence-corrected chi connectivity index (χ4v) is 3.15. The molecule has 2 heterocycles. The van der Waals surface area contributed by atoms with E-state index in [9.17, 15) is 0 Å². The third-order valence-electron chi connectivity index (χ3n) is 4.50. The monoisotopic (exact) mass is 349 g/mol. The fraction of sp³-hybridized carbons (Fsp3) is 0.300. The summed E-state index contributed by atoms with van der Waals surface area (Å²) in [5, 5.41) is 11.8. The van der Waals surface area contributed by atoms with Crippen molar-refractivity contribution in [1.82, 2.24) is 25.2 Å². The number of rotatable bonds is 5. The molecule has 0 atom stereocenters. The summed E-state index contributed by atoms with van der Waals surface area (Å²) in [6, 6.07) is 17.7. The Morgan fingerprint density at radius 1 is 0.923 bits per heavy atom. The number of aromatic nitrogens is 3. The first-order valence-corrected chi connectivity index (χ1v) is 9.04. The van der Waals surface area contributed by atoms with Gasteiger partial charge in [-0.2, -0.15) is 0 Å². The Bertz CT molecular complexity index is 808. The first-order valence-electron chi connectivity index (χ1n) is 9.04. The summed E-state index contributed by atoms with van der Waals surface area (Å²) in [5.41, 5.74) is 2.09. The summed E-state index contributed by atoms with van der Waals surface area (Å²) >= 11 is 0. The van der Waals surface area contributed by atoms with Crippen molar-refractivity contribution in [2.24, 2.45) is 0 Å². The van der Waals surface area contributed by atoms with E-state index in [1.165, 1.54) is 6.42 Å². The molecule has 0 bridgehead atoms. The summed E-state index contributed by atoms with van der Waals surface area (Å²) in [5.74, 6) is 1.64. The van der Waals surface area contributed by atoms with Crippen LogP contribution in [0.5, 0.6) is 11.5 Å². The maximum atomic E-state index is 5.86. The molecule has 0 aliphatic carbocycles. The van der Waals surface area contributed by atoms with Crippen molar-refractivity contribution in [1.29, 1.82) is 0 Å². The van der Waals surface area contributed by atoms with E-state index in [1.54, 1.807) is 0 Å². The third kappa shape index (κ3) is 4.09. The number of hydrogen-bond donors (Lipinski definition) is 1. The van der Waals surface area contributed by atoms with Gasteiger partial charge < -0.3 is 10.1 Å². The summed E-state index contributed by atoms with van der Waals surface area (Å²) < 4.78 is 7.76. The van der Waals surface area contributed by atoms with Crippen molar-refractivity contribution in [3.05, 3.63) is 66.5 Å². The first-order chi connectivity index (χ1) is 12.9. The minimum absolute atomic E-state index is 0.806. The van der Waals surface area contributed by atoms with E-state index < -0.39 is 0 Å². The first kappa shape index (κ1) is 16.8. The number of ether oxygens (including phenoxy) is 1. The molecule has 1 aromatic heterocycles. The van der Waals surface area contributed by atoms with E-state index in [2.05, 4.69) is 20.5 Å². The Morgan fingerprint density at radius 3 is 2.58 bits per heavy atom. The van der Waals surface area contributed by atoms with Gasteiger partial charge in [-0.25, -0.2) is 4.68 Å². The molecule has 2 aromatic carbocycles. The van der Waals surface area contributed by atoms with E-state index in [1.807, 2.05) is 65.5 Å². The molecule has 3 aromatic rings. The Morgan fingerprint density at radius 2 is 1.73 bits per heavy atom. The molecule has 0 spiro atoms. The highest BCUT2D eigenvalue weighted by atomic mass is 16.5. The van der Waals surface area contributed by atoms with Crippen molar-refractivity contribution in [2.75, 3.05) is 26.2 Å². The Hall–Kier alpha value is -2.70. The zero-order valence-corrected chi connectivity index (χ0v) is 14.7. The van der Waals surface area contributed by atoms with E-state index in [0.717, 1.165) is 55.6 Å². The molecule has 1 aliphatic heterocycles. The molecule has 1 fully saturated rings. The van der Waals surface area contributed by atoms with Gasteiger partial charge in [-0.05, 0) is 55.9 Å². The Balaban J connectivity index is 1.47. The van der Waals surface area contributed by atoms with E-state index in [0.29, 0.717) is 0 Å². The largest absolute Gasteiger partial charge is 0.457 e. The lowest BCUT2D eigenvalue weighted by molar-refractivity contribution is 0.278. The van der Waals surface area contributed by atoms with Crippen LogP contribution >= 0.6 is 0 Å². The van der Waals surface area contributed by atoms with Gasteiger partial charge in [0.05, 0.1) is 17.6 Å². The molecular weight excluding hydrogens is 326 g/mol. The van der Waals surface area contributed by atoms with Gasteiger partial charge in [0.1, 0.15) is 11.5 Å². The highest BCUT2D eigenvalue weighted by Crippen LogP contribution is 2.22. The van der Waals surface area contributed by atoms with Gasteiger partial charge in [0, 0.05) is 19.6 Å². The molecule has 134 valence electrons. The lowest BCUT2D eigenvalue weighted by Crippen LogP contribution is -2.28. The van der Waals surface area contributed by atoms with Gasteiger partial charge >= 0.3 is 0 Å². The van der Waals surface area contributed by atoms with Gasteiger partial charge in [0.15, 0.2) is 0 Å². The molecule has 1 saturated heterocycles. The van der Waals surface area contributed by atoms with Gasteiger partial charge in [0.2, 0.25) is 0 Å². The lowest BCUT2D eigenvalue weighted by atomic mass is 10.3. The molecule has 4 rings (SSSR count). The second-order valence-electron chi connectivity index (χ2n) is 6.43. The predicted octanol–water partition coefficient (Wildman–Crippen LogP) is 2.85. The minimum Gasteiger partial charge on any atom is -0.457 e. The number of para-hydroxylation sites is 1. The van der Waals surface area contributed by atoms with E-state index >= 15 is 0 Å². The highest BCUT2D eigenvalue weighted by Gasteiger charge is 2.13. The molecule has 0 amide bonds. The molecule has 0 saturated carbocycles. The Labute approximate surface area is 153 Å². The number of nitrogens with one attached hydrogen (secondary N) is 1. The minimum atomic E-state index is 0.806. The molecule has 26 heavy (non-hydrogen) atoms. The molecular formula is C20H23N5O. The van der Waals surface area contributed by atoms with Gasteiger partial charge in [-0.3, -0.25) is 4.90 Å². The average Bonchev–Trinajstić information content (AvgIpc) is 2.98. The van der Waals surface area contributed by atoms with Gasteiger partial charge in [0.25, 0.3) is 0 Å². The third-order valence-corrected chi connectivity index (χ3v) is 4.50. The maximum Gasteiger partial charge on any atom is 0.127 e. The van der Waals surface area contributed by atoms with Gasteiger partial charge in [-0.1, -0.05) is 23.4 Å². The molecule has 1 N–H and O–H groups in total. The molecule has 1 aliphatic rings. The van der Waals surface area contributed by atoms with Crippen LogP contribution in [0.25, 0.3) is 5.69 Å². The number of benzene rings is 2. The van der Waals surface area contributed by atoms with Crippen LogP contribution < -0.4 is 10.1 Å². The summed E-state index contributed by atoms with van der Waals surface area (Å²) in [6.45, 7) is 5.14. The van der Waals surface area contributed by atoms with Crippen LogP contribution in [0.2, 0.25) is 0 Å². The molecule has 6 nitrogen and oxygen atoms in total. The van der Waals surface area contributed by atoms with Crippen molar-refractivity contribution in [2.45, 2.75) is 13.0 Å². The van der Waals surface area contributed by atoms with Crippen molar-refractivity contribution < 1.29 is 4.74 Å². The quantitative estimate of drug-likeness (QED) is 0.768. The van der Waals surface area contributed by atoms with Crippen LogP contribution in [0.3, 0.4) is 0 Å². The van der Waals surface area contributed by atoms with Crippen LogP contribution in [0.4, 0.5) is 0 Å². The van der Waals surface area contributed by atoms with E-state index in [4.69, 9.17) is 4.74 Å². The maximum absolute atomic E-state index is 5.86. The van der Waals surface area contributed by atoms with Crippen LogP contribution in [0.1, 0.15) is 12.1 Å². The zero-order chi connectivity index (χ0) is 17.6. The van der Waals surface area contributed by atoms with E-state index in [-0.39, 0.29) is 0 Å². The number of hydrogen-bond acceptors (Lipinski definition) is 5. The average molecular weight is 349 g/mol. The SMILES string of the molecule is c1ccc(Oc2ccc(-n3nncc3CN3CCCNCC3)cc2)cc1. The second-order valence-corrected chi connectivity index (χ2v) is 6.43. The standard InChI is InChI=1S/C20H23N5O/c1-2-5-19(6-3-1)26-20-9-7-17(8-10-20)25-18(15-22-23-25)16-24-13-4-11-21-12-14-24/h1-3,5-10,15,21H,4,11-14,16H2. The topological polar surface area (TPSA) is 55.2 Å². The fourth-order valence-electron chi connectivity index (χ4n) is 3.15. The summed E-state index contributed by atoms with van der Waals surface area (Å²) in [6.07, 6.45) is 3.03. The van der Waals surface area contributed by atoms with Crippen molar-refractivity contribution in [3.63, 3.8) is 0 Å². The molecule has 0 radical (unpaired) electrons. The van der Waals surface area contributed by atoms with Crippen LogP contribution in [-0.2, 0) is 6.54 Å². The number of nitrogens with zero attached hydrogens (tertiary/aromatic N) is 4. The van der Waals surface area contributed by atoms with Crippen LogP contribution in [0, 0.1) is 0 Å². The molecule has 0 unspecified atom stereocenters. The summed E-state index contributed by atoms with van der Waals surface area (Å²) in [7, 11) is 0. The lowest BCUT2D eigenvalue weighted by Gasteiger charge is -2.19. The Kier molecular flexibility index (Phi) is 5.23. The van der Waals surface area contributed by atoms with Crippen molar-refractivity contribution >= 4 is 0 Å². The zero-order valence-electron chi connectivity index (χ0n) is 14.7. The second kappa shape index (κ2) is 8.12. The van der Waals surface area contributed by atoms with Crippen molar-refractivity contribution in [3.8, 4) is 17.2 Å². The normalized spacial score (nSPS) is 15.5. The molecule has 6 heteroatoms. The highest BCUT2D eigenvalue weighted by molar-refractivity contribution is 5.39. The smallest absolute Gasteiger partial charge is 0.127 e. The van der Waals surface area contributed by atoms with Crippen LogP contribution in [-0.4, -0.2) is 46.1 Å². The predicted molar refractivity (Wildman–Crippen MR) is 101 cm³/mol. The van der Waals surface area contributed by atoms with Gasteiger partial charge in [-0.15, -0.1) is 5.10 Å². The van der Waals surface area contributed by atoms with Crippen LogP contribution in [0.15, 0.2) is 60.8 Å². The summed E-state index contributed by atoms with van der Waals surface area (Å²) in [4.78, 5) is 2.45.